The molecule has 0 spiro atoms. The maximum atomic E-state index is 12.3. The topological polar surface area (TPSA) is 110 Å². The highest BCUT2D eigenvalue weighted by molar-refractivity contribution is 5.99. The van der Waals surface area contributed by atoms with E-state index in [1.165, 1.54) is 11.0 Å². The summed E-state index contributed by atoms with van der Waals surface area (Å²) in [4.78, 5) is 23.4. The number of carbonyl (C=O) groups excluding carboxylic acids is 1. The summed E-state index contributed by atoms with van der Waals surface area (Å²) in [6.45, 7) is 3.57. The van der Waals surface area contributed by atoms with E-state index in [9.17, 15) is 9.59 Å². The fraction of sp³-hybridized carbons (Fsp3) is 0.357. The van der Waals surface area contributed by atoms with E-state index in [4.69, 9.17) is 5.11 Å². The molecule has 1 aliphatic rings. The number of rotatable bonds is 4. The van der Waals surface area contributed by atoms with Crippen LogP contribution in [0.1, 0.15) is 13.8 Å². The lowest BCUT2D eigenvalue weighted by molar-refractivity contribution is -0.140. The van der Waals surface area contributed by atoms with Gasteiger partial charge in [-0.05, 0) is 34.0 Å². The number of nitrogens with one attached hydrogen (secondary N) is 1. The highest BCUT2D eigenvalue weighted by atomic mass is 16.4. The molecular weight excluding hydrogens is 286 g/mol. The van der Waals surface area contributed by atoms with E-state index in [2.05, 4.69) is 20.8 Å². The third-order valence-electron chi connectivity index (χ3n) is 4.10. The van der Waals surface area contributed by atoms with Gasteiger partial charge in [0, 0.05) is 5.69 Å². The Morgan fingerprint density at radius 3 is 2.68 bits per heavy atom. The molecule has 8 heteroatoms. The third-order valence-corrected chi connectivity index (χ3v) is 4.10. The lowest BCUT2D eigenvalue weighted by atomic mass is 10.1. The van der Waals surface area contributed by atoms with Crippen molar-refractivity contribution in [3.05, 3.63) is 30.6 Å². The average Bonchev–Trinajstić information content (AvgIpc) is 2.84. The molecule has 3 rings (SSSR count). The van der Waals surface area contributed by atoms with Gasteiger partial charge in [0.25, 0.3) is 0 Å². The molecular formula is C14H15N5O3. The number of tetrazole rings is 1. The first kappa shape index (κ1) is 14.2. The number of aromatic nitrogens is 4. The lowest BCUT2D eigenvalue weighted by Crippen LogP contribution is -2.17. The summed E-state index contributed by atoms with van der Waals surface area (Å²) in [5.41, 5.74) is 0.751. The Hall–Kier alpha value is -2.77. The van der Waals surface area contributed by atoms with Gasteiger partial charge in [-0.1, -0.05) is 19.9 Å². The first-order chi connectivity index (χ1) is 10.4. The van der Waals surface area contributed by atoms with E-state index >= 15 is 0 Å². The number of aliphatic carboxylic acids is 1. The number of benzene rings is 1. The van der Waals surface area contributed by atoms with Crippen molar-refractivity contribution in [3.63, 3.8) is 0 Å². The number of carboxylic acids is 1. The summed E-state index contributed by atoms with van der Waals surface area (Å²) in [5.74, 6) is -2.39. The van der Waals surface area contributed by atoms with Gasteiger partial charge in [0.05, 0.1) is 17.5 Å². The highest BCUT2D eigenvalue weighted by Gasteiger charge is 2.65. The summed E-state index contributed by atoms with van der Waals surface area (Å²) in [7, 11) is 0. The zero-order valence-corrected chi connectivity index (χ0v) is 12.1. The van der Waals surface area contributed by atoms with Crippen LogP contribution >= 0.6 is 0 Å². The van der Waals surface area contributed by atoms with Crippen LogP contribution in [0.5, 0.6) is 0 Å². The van der Waals surface area contributed by atoms with E-state index in [0.29, 0.717) is 11.4 Å². The van der Waals surface area contributed by atoms with Gasteiger partial charge < -0.3 is 10.4 Å². The van der Waals surface area contributed by atoms with Crippen molar-refractivity contribution < 1.29 is 14.7 Å². The molecule has 114 valence electrons. The Labute approximate surface area is 126 Å². The van der Waals surface area contributed by atoms with Crippen LogP contribution in [0.4, 0.5) is 5.69 Å². The maximum absolute atomic E-state index is 12.3. The summed E-state index contributed by atoms with van der Waals surface area (Å²) in [6, 6.07) is 7.02. The summed E-state index contributed by atoms with van der Waals surface area (Å²) in [6.07, 6.45) is 1.45. The molecule has 1 saturated carbocycles. The van der Waals surface area contributed by atoms with Gasteiger partial charge in [-0.3, -0.25) is 9.59 Å². The van der Waals surface area contributed by atoms with Crippen molar-refractivity contribution in [2.24, 2.45) is 17.3 Å². The summed E-state index contributed by atoms with van der Waals surface area (Å²) >= 11 is 0. The van der Waals surface area contributed by atoms with Crippen LogP contribution in [0.25, 0.3) is 5.69 Å². The van der Waals surface area contributed by atoms with Gasteiger partial charge in [-0.25, -0.2) is 4.68 Å². The van der Waals surface area contributed by atoms with Crippen molar-refractivity contribution in [1.82, 2.24) is 20.2 Å². The molecule has 0 saturated heterocycles. The maximum Gasteiger partial charge on any atom is 0.307 e. The molecule has 1 heterocycles. The van der Waals surface area contributed by atoms with Crippen LogP contribution in [0.15, 0.2) is 30.6 Å². The van der Waals surface area contributed by atoms with Gasteiger partial charge in [-0.15, -0.1) is 5.10 Å². The summed E-state index contributed by atoms with van der Waals surface area (Å²) < 4.78 is 1.47. The number of anilines is 1. The minimum absolute atomic E-state index is 0.286. The van der Waals surface area contributed by atoms with E-state index < -0.39 is 23.2 Å². The molecule has 2 atom stereocenters. The van der Waals surface area contributed by atoms with E-state index in [1.807, 2.05) is 0 Å². The minimum atomic E-state index is -0.937. The molecule has 2 aromatic rings. The Kier molecular flexibility index (Phi) is 3.16. The number of carbonyl (C=O) groups is 2. The Bertz CT molecular complexity index is 726. The van der Waals surface area contributed by atoms with Gasteiger partial charge in [0.1, 0.15) is 6.33 Å². The molecule has 1 aliphatic carbocycles. The first-order valence-corrected chi connectivity index (χ1v) is 6.78. The van der Waals surface area contributed by atoms with Crippen LogP contribution in [0, 0.1) is 17.3 Å². The molecule has 0 bridgehead atoms. The van der Waals surface area contributed by atoms with E-state index in [1.54, 1.807) is 38.1 Å². The zero-order chi connectivity index (χ0) is 15.9. The fourth-order valence-electron chi connectivity index (χ4n) is 2.81. The molecule has 8 nitrogen and oxygen atoms in total. The monoisotopic (exact) mass is 301 g/mol. The quantitative estimate of drug-likeness (QED) is 0.870. The largest absolute Gasteiger partial charge is 0.481 e. The standard InChI is InChI=1S/C14H15N5O3/c1-14(2)10(11(14)13(21)22)12(20)16-8-4-3-5-9(6-8)19-7-15-17-18-19/h3-7,10-11H,1-2H3,(H,16,20)(H,21,22)/t10-,11+/m1/s1. The predicted octanol–water partition coefficient (Wildman–Crippen LogP) is 0.958. The molecule has 0 unspecified atom stereocenters. The number of nitrogens with zero attached hydrogens (tertiary/aromatic N) is 4. The smallest absolute Gasteiger partial charge is 0.307 e. The van der Waals surface area contributed by atoms with Crippen LogP contribution in [0.2, 0.25) is 0 Å². The number of amides is 1. The molecule has 0 radical (unpaired) electrons. The lowest BCUT2D eigenvalue weighted by Gasteiger charge is -2.07. The SMILES string of the molecule is CC1(C)[C@H](C(=O)O)[C@@H]1C(=O)Nc1cccc(-n2cnnn2)c1. The van der Waals surface area contributed by atoms with Crippen LogP contribution in [-0.4, -0.2) is 37.2 Å². The molecule has 1 aromatic heterocycles. The molecule has 1 amide bonds. The zero-order valence-electron chi connectivity index (χ0n) is 12.1. The molecule has 22 heavy (non-hydrogen) atoms. The first-order valence-electron chi connectivity index (χ1n) is 6.78. The number of hydrogen-bond donors (Lipinski definition) is 2. The number of hydrogen-bond acceptors (Lipinski definition) is 5. The van der Waals surface area contributed by atoms with Gasteiger partial charge in [-0.2, -0.15) is 0 Å². The molecule has 0 aliphatic heterocycles. The van der Waals surface area contributed by atoms with Crippen LogP contribution in [0.3, 0.4) is 0 Å². The normalized spacial score (nSPS) is 22.1. The molecule has 1 aromatic carbocycles. The second kappa shape index (κ2) is 4.90. The fourth-order valence-corrected chi connectivity index (χ4v) is 2.81. The Morgan fingerprint density at radius 1 is 1.32 bits per heavy atom. The van der Waals surface area contributed by atoms with Crippen molar-refractivity contribution >= 4 is 17.6 Å². The van der Waals surface area contributed by atoms with E-state index in [-0.39, 0.29) is 5.91 Å². The van der Waals surface area contributed by atoms with Crippen LogP contribution < -0.4 is 5.32 Å². The summed E-state index contributed by atoms with van der Waals surface area (Å²) in [5, 5.41) is 22.8. The second-order valence-electron chi connectivity index (χ2n) is 5.91. The van der Waals surface area contributed by atoms with Gasteiger partial charge in [0.15, 0.2) is 0 Å². The average molecular weight is 301 g/mol. The third kappa shape index (κ3) is 2.32. The minimum Gasteiger partial charge on any atom is -0.481 e. The van der Waals surface area contributed by atoms with Crippen molar-refractivity contribution in [3.8, 4) is 5.69 Å². The van der Waals surface area contributed by atoms with Crippen LogP contribution in [-0.2, 0) is 9.59 Å². The van der Waals surface area contributed by atoms with Crippen molar-refractivity contribution in [1.29, 1.82) is 0 Å². The highest BCUT2D eigenvalue weighted by Crippen LogP contribution is 2.58. The predicted molar refractivity (Wildman–Crippen MR) is 76.2 cm³/mol. The molecule has 1 fully saturated rings. The Morgan fingerprint density at radius 2 is 2.09 bits per heavy atom. The van der Waals surface area contributed by atoms with Crippen molar-refractivity contribution in [2.75, 3.05) is 5.32 Å². The Balaban J connectivity index is 1.76. The van der Waals surface area contributed by atoms with E-state index in [0.717, 1.165) is 0 Å². The van der Waals surface area contributed by atoms with Gasteiger partial charge in [0.2, 0.25) is 5.91 Å². The van der Waals surface area contributed by atoms with Gasteiger partial charge >= 0.3 is 5.97 Å². The van der Waals surface area contributed by atoms with Crippen molar-refractivity contribution in [2.45, 2.75) is 13.8 Å². The molecule has 2 N–H and O–H groups in total. The second-order valence-corrected chi connectivity index (χ2v) is 5.91. The number of carboxylic acid groups (broad SMARTS) is 1.